The van der Waals surface area contributed by atoms with Crippen molar-refractivity contribution in [2.75, 3.05) is 18.5 Å². The van der Waals surface area contributed by atoms with E-state index in [-0.39, 0.29) is 23.5 Å². The van der Waals surface area contributed by atoms with Crippen LogP contribution >= 0.6 is 0 Å². The third-order valence-electron chi connectivity index (χ3n) is 4.81. The van der Waals surface area contributed by atoms with Gasteiger partial charge in [-0.3, -0.25) is 0 Å². The molecule has 2 heterocycles. The molecule has 1 fully saturated rings. The third kappa shape index (κ3) is 2.09. The molecular weight excluding hydrogens is 312 g/mol. The number of hydrogen-bond acceptors (Lipinski definition) is 4. The molecule has 6 heteroatoms. The molecule has 0 saturated carbocycles. The van der Waals surface area contributed by atoms with E-state index in [4.69, 9.17) is 0 Å². The van der Waals surface area contributed by atoms with Gasteiger partial charge in [0.15, 0.2) is 0 Å². The molecule has 0 unspecified atom stereocenters. The number of aliphatic hydroxyl groups excluding tert-OH is 1. The Bertz CT molecular complexity index is 823. The number of sulfonamides is 1. The highest BCUT2D eigenvalue weighted by atomic mass is 32.2. The summed E-state index contributed by atoms with van der Waals surface area (Å²) in [6.07, 6.45) is 0. The van der Waals surface area contributed by atoms with Gasteiger partial charge in [-0.05, 0) is 23.8 Å². The van der Waals surface area contributed by atoms with Crippen molar-refractivity contribution < 1.29 is 13.5 Å². The van der Waals surface area contributed by atoms with E-state index in [9.17, 15) is 13.5 Å². The van der Waals surface area contributed by atoms with Crippen LogP contribution in [-0.2, 0) is 10.0 Å². The minimum Gasteiger partial charge on any atom is -0.395 e. The summed E-state index contributed by atoms with van der Waals surface area (Å²) in [4.78, 5) is 0.274. The first-order valence-electron chi connectivity index (χ1n) is 7.67. The Hall–Kier alpha value is -1.89. The second-order valence-electron chi connectivity index (χ2n) is 5.96. The molecule has 0 amide bonds. The minimum absolute atomic E-state index is 0.0379. The molecule has 0 radical (unpaired) electrons. The lowest BCUT2D eigenvalue weighted by Crippen LogP contribution is -2.68. The molecule has 3 atom stereocenters. The van der Waals surface area contributed by atoms with Gasteiger partial charge in [-0.2, -0.15) is 4.31 Å². The Kier molecular flexibility index (Phi) is 3.41. The number of para-hydroxylation sites is 1. The van der Waals surface area contributed by atoms with Gasteiger partial charge in [0.25, 0.3) is 0 Å². The maximum absolute atomic E-state index is 12.9. The molecule has 2 aromatic carbocycles. The predicted molar refractivity (Wildman–Crippen MR) is 87.8 cm³/mol. The molecule has 2 aromatic rings. The van der Waals surface area contributed by atoms with Gasteiger partial charge in [0.2, 0.25) is 10.0 Å². The summed E-state index contributed by atoms with van der Waals surface area (Å²) in [5, 5.41) is 13.1. The van der Waals surface area contributed by atoms with Crippen LogP contribution in [0.2, 0.25) is 0 Å². The van der Waals surface area contributed by atoms with Crippen LogP contribution in [-0.4, -0.2) is 43.1 Å². The zero-order chi connectivity index (χ0) is 16.0. The number of fused-ring (bicyclic) bond motifs is 3. The molecule has 2 N–H and O–H groups in total. The molecule has 1 saturated heterocycles. The largest absolute Gasteiger partial charge is 0.395 e. The van der Waals surface area contributed by atoms with Crippen LogP contribution in [0.4, 0.5) is 5.69 Å². The first kappa shape index (κ1) is 14.7. The van der Waals surface area contributed by atoms with Crippen molar-refractivity contribution in [1.82, 2.24) is 4.31 Å². The number of anilines is 1. The van der Waals surface area contributed by atoms with Gasteiger partial charge >= 0.3 is 0 Å². The normalized spacial score (nSPS) is 26.6. The van der Waals surface area contributed by atoms with Gasteiger partial charge < -0.3 is 10.4 Å². The topological polar surface area (TPSA) is 69.6 Å². The molecule has 4 rings (SSSR count). The highest BCUT2D eigenvalue weighted by molar-refractivity contribution is 7.89. The van der Waals surface area contributed by atoms with Crippen molar-refractivity contribution in [2.24, 2.45) is 0 Å². The molecule has 0 spiro atoms. The lowest BCUT2D eigenvalue weighted by Gasteiger charge is -2.56. The third-order valence-corrected chi connectivity index (χ3v) is 6.77. The second-order valence-corrected chi connectivity index (χ2v) is 7.80. The van der Waals surface area contributed by atoms with Crippen molar-refractivity contribution in [3.8, 4) is 0 Å². The predicted octanol–water partition coefficient (Wildman–Crippen LogP) is 1.63. The van der Waals surface area contributed by atoms with Crippen molar-refractivity contribution in [2.45, 2.75) is 22.9 Å². The number of nitrogens with one attached hydrogen (secondary N) is 1. The van der Waals surface area contributed by atoms with Crippen LogP contribution in [0.5, 0.6) is 0 Å². The molecule has 0 bridgehead atoms. The van der Waals surface area contributed by atoms with Gasteiger partial charge in [0, 0.05) is 18.2 Å². The van der Waals surface area contributed by atoms with Crippen molar-refractivity contribution in [3.05, 3.63) is 60.2 Å². The van der Waals surface area contributed by atoms with Crippen LogP contribution in [0, 0.1) is 0 Å². The smallest absolute Gasteiger partial charge is 0.243 e. The molecule has 5 nitrogen and oxygen atoms in total. The van der Waals surface area contributed by atoms with E-state index in [0.29, 0.717) is 6.54 Å². The SMILES string of the molecule is O=S(=O)(c1ccccc1)N1[C@H](CO)[C@H]2c3ccccc3NC[C@H]21. The monoisotopic (exact) mass is 330 g/mol. The van der Waals surface area contributed by atoms with Gasteiger partial charge in [-0.15, -0.1) is 0 Å². The summed E-state index contributed by atoms with van der Waals surface area (Å²) in [6.45, 7) is 0.381. The van der Waals surface area contributed by atoms with Crippen LogP contribution in [0.25, 0.3) is 0 Å². The van der Waals surface area contributed by atoms with Crippen molar-refractivity contribution in [1.29, 1.82) is 0 Å². The fraction of sp³-hybridized carbons (Fsp3) is 0.294. The number of nitrogens with zero attached hydrogens (tertiary/aromatic N) is 1. The zero-order valence-electron chi connectivity index (χ0n) is 12.5. The summed E-state index contributed by atoms with van der Waals surface area (Å²) in [7, 11) is -3.60. The number of hydrogen-bond donors (Lipinski definition) is 2. The summed E-state index contributed by atoms with van der Waals surface area (Å²) in [6, 6.07) is 15.8. The summed E-state index contributed by atoms with van der Waals surface area (Å²) in [5.41, 5.74) is 2.12. The first-order chi connectivity index (χ1) is 11.1. The quantitative estimate of drug-likeness (QED) is 0.897. The maximum Gasteiger partial charge on any atom is 0.243 e. The van der Waals surface area contributed by atoms with Gasteiger partial charge in [0.1, 0.15) is 0 Å². The van der Waals surface area contributed by atoms with E-state index >= 15 is 0 Å². The highest BCUT2D eigenvalue weighted by Gasteiger charge is 2.56. The molecule has 2 aliphatic heterocycles. The van der Waals surface area contributed by atoms with E-state index in [2.05, 4.69) is 5.32 Å². The molecule has 120 valence electrons. The first-order valence-corrected chi connectivity index (χ1v) is 9.11. The van der Waals surface area contributed by atoms with E-state index in [1.807, 2.05) is 24.3 Å². The molecular formula is C17H18N2O3S. The standard InChI is InChI=1S/C17H18N2O3S/c20-11-16-17-13-8-4-5-9-14(13)18-10-15(17)19(16)23(21,22)12-6-2-1-3-7-12/h1-9,15-18,20H,10-11H2/t15-,16-,17+/m1/s1. The minimum atomic E-state index is -3.60. The van der Waals surface area contributed by atoms with E-state index in [1.165, 1.54) is 4.31 Å². The Morgan fingerprint density at radius 3 is 2.52 bits per heavy atom. The van der Waals surface area contributed by atoms with E-state index in [1.54, 1.807) is 30.3 Å². The molecule has 0 aromatic heterocycles. The zero-order valence-corrected chi connectivity index (χ0v) is 13.3. The van der Waals surface area contributed by atoms with Crippen LogP contribution < -0.4 is 5.32 Å². The van der Waals surface area contributed by atoms with E-state index < -0.39 is 16.1 Å². The maximum atomic E-state index is 12.9. The number of aliphatic hydroxyl groups is 1. The molecule has 2 aliphatic rings. The molecule has 23 heavy (non-hydrogen) atoms. The van der Waals surface area contributed by atoms with Crippen LogP contribution in [0.3, 0.4) is 0 Å². The average molecular weight is 330 g/mol. The fourth-order valence-electron chi connectivity index (χ4n) is 3.78. The summed E-state index contributed by atoms with van der Waals surface area (Å²) >= 11 is 0. The Labute approximate surface area is 135 Å². The van der Waals surface area contributed by atoms with Crippen molar-refractivity contribution in [3.63, 3.8) is 0 Å². The van der Waals surface area contributed by atoms with Crippen molar-refractivity contribution >= 4 is 15.7 Å². The lowest BCUT2D eigenvalue weighted by atomic mass is 9.75. The summed E-state index contributed by atoms with van der Waals surface area (Å²) in [5.74, 6) is 0.0379. The fourth-order valence-corrected chi connectivity index (χ4v) is 5.64. The Balaban J connectivity index is 1.73. The second kappa shape index (κ2) is 5.33. The van der Waals surface area contributed by atoms with Crippen LogP contribution in [0.15, 0.2) is 59.5 Å². The van der Waals surface area contributed by atoms with E-state index in [0.717, 1.165) is 11.3 Å². The Morgan fingerprint density at radius 2 is 1.78 bits per heavy atom. The molecule has 0 aliphatic carbocycles. The van der Waals surface area contributed by atoms with Gasteiger partial charge in [0.05, 0.1) is 23.6 Å². The van der Waals surface area contributed by atoms with Gasteiger partial charge in [-0.25, -0.2) is 8.42 Å². The van der Waals surface area contributed by atoms with Crippen LogP contribution in [0.1, 0.15) is 11.5 Å². The number of benzene rings is 2. The highest BCUT2D eigenvalue weighted by Crippen LogP contribution is 2.48. The number of rotatable bonds is 3. The lowest BCUT2D eigenvalue weighted by molar-refractivity contribution is 0.0323. The Morgan fingerprint density at radius 1 is 1.09 bits per heavy atom. The average Bonchev–Trinajstić information content (AvgIpc) is 2.56. The summed E-state index contributed by atoms with van der Waals surface area (Å²) < 4.78 is 27.3. The van der Waals surface area contributed by atoms with Gasteiger partial charge in [-0.1, -0.05) is 36.4 Å².